The molecule has 0 bridgehead atoms. The van der Waals surface area contributed by atoms with Gasteiger partial charge < -0.3 is 10.6 Å². The first kappa shape index (κ1) is 21.1. The highest BCUT2D eigenvalue weighted by atomic mass is 32.2. The second-order valence-corrected chi connectivity index (χ2v) is 8.45. The number of carbonyl (C=O) groups is 1. The maximum absolute atomic E-state index is 12.8. The van der Waals surface area contributed by atoms with Crippen LogP contribution in [0, 0.1) is 6.92 Å². The Morgan fingerprint density at radius 1 is 1.14 bits per heavy atom. The third-order valence-corrected chi connectivity index (χ3v) is 6.09. The second-order valence-electron chi connectivity index (χ2n) is 6.80. The summed E-state index contributed by atoms with van der Waals surface area (Å²) in [5, 5.41) is 5.81. The third-order valence-electron chi connectivity index (χ3n) is 4.55. The average molecular weight is 427 g/mol. The van der Waals surface area contributed by atoms with Crippen molar-refractivity contribution in [2.24, 2.45) is 0 Å². The molecule has 29 heavy (non-hydrogen) atoms. The predicted octanol–water partition coefficient (Wildman–Crippen LogP) is 3.51. The van der Waals surface area contributed by atoms with Crippen molar-refractivity contribution in [2.75, 3.05) is 16.6 Å². The second kappa shape index (κ2) is 8.03. The highest BCUT2D eigenvalue weighted by Crippen LogP contribution is 2.31. The van der Waals surface area contributed by atoms with E-state index in [4.69, 9.17) is 0 Å². The summed E-state index contributed by atoms with van der Waals surface area (Å²) in [6.07, 6.45) is -2.93. The monoisotopic (exact) mass is 427 g/mol. The van der Waals surface area contributed by atoms with Gasteiger partial charge in [-0.3, -0.25) is 9.52 Å². The Morgan fingerprint density at radius 3 is 2.52 bits per heavy atom. The van der Waals surface area contributed by atoms with Crippen LogP contribution in [0.25, 0.3) is 0 Å². The molecule has 1 fully saturated rings. The first-order valence-electron chi connectivity index (χ1n) is 8.91. The number of hydrogen-bond donors (Lipinski definition) is 3. The number of anilines is 2. The van der Waals surface area contributed by atoms with Crippen LogP contribution in [0.5, 0.6) is 0 Å². The molecule has 156 valence electrons. The van der Waals surface area contributed by atoms with Gasteiger partial charge in [0.05, 0.1) is 16.5 Å². The molecule has 3 rings (SSSR count). The van der Waals surface area contributed by atoms with Crippen LogP contribution in [0.15, 0.2) is 47.4 Å². The van der Waals surface area contributed by atoms with Gasteiger partial charge in [-0.1, -0.05) is 6.07 Å². The number of amides is 1. The number of carbonyl (C=O) groups excluding carboxylic acids is 1. The van der Waals surface area contributed by atoms with Crippen LogP contribution in [0.4, 0.5) is 24.5 Å². The first-order chi connectivity index (χ1) is 13.6. The Morgan fingerprint density at radius 2 is 1.90 bits per heavy atom. The van der Waals surface area contributed by atoms with E-state index in [1.807, 2.05) is 0 Å². The molecule has 0 spiro atoms. The molecule has 1 amide bonds. The number of rotatable bonds is 5. The Labute approximate surface area is 166 Å². The van der Waals surface area contributed by atoms with Gasteiger partial charge in [0.25, 0.3) is 10.0 Å². The van der Waals surface area contributed by atoms with Gasteiger partial charge in [-0.15, -0.1) is 0 Å². The minimum Gasteiger partial charge on any atom is -0.325 e. The zero-order valence-corrected chi connectivity index (χ0v) is 16.3. The highest BCUT2D eigenvalue weighted by molar-refractivity contribution is 7.92. The average Bonchev–Trinajstić information content (AvgIpc) is 3.15. The van der Waals surface area contributed by atoms with Gasteiger partial charge in [-0.25, -0.2) is 8.42 Å². The summed E-state index contributed by atoms with van der Waals surface area (Å²) in [7, 11) is -4.11. The number of nitrogens with one attached hydrogen (secondary N) is 3. The van der Waals surface area contributed by atoms with Crippen LogP contribution >= 0.6 is 0 Å². The van der Waals surface area contributed by atoms with Crippen molar-refractivity contribution >= 4 is 27.3 Å². The quantitative estimate of drug-likeness (QED) is 0.682. The summed E-state index contributed by atoms with van der Waals surface area (Å²) in [6.45, 7) is 2.32. The minimum atomic E-state index is -4.58. The molecule has 6 nitrogen and oxygen atoms in total. The molecule has 0 aliphatic carbocycles. The van der Waals surface area contributed by atoms with E-state index < -0.39 is 21.8 Å². The normalized spacial score (nSPS) is 17.2. The van der Waals surface area contributed by atoms with Gasteiger partial charge in [0, 0.05) is 11.4 Å². The zero-order chi connectivity index (χ0) is 21.2. The lowest BCUT2D eigenvalue weighted by molar-refractivity contribution is -0.137. The van der Waals surface area contributed by atoms with Crippen molar-refractivity contribution in [1.29, 1.82) is 0 Å². The third kappa shape index (κ3) is 5.07. The van der Waals surface area contributed by atoms with E-state index in [0.29, 0.717) is 11.3 Å². The number of halogens is 3. The lowest BCUT2D eigenvalue weighted by Gasteiger charge is -2.15. The number of benzene rings is 2. The van der Waals surface area contributed by atoms with Gasteiger partial charge >= 0.3 is 6.18 Å². The topological polar surface area (TPSA) is 87.3 Å². The summed E-state index contributed by atoms with van der Waals surface area (Å²) in [5.41, 5.74) is -0.349. The van der Waals surface area contributed by atoms with Crippen LogP contribution < -0.4 is 15.4 Å². The Kier molecular flexibility index (Phi) is 5.85. The maximum atomic E-state index is 12.8. The summed E-state index contributed by atoms with van der Waals surface area (Å²) in [5.74, 6) is -0.195. The molecule has 3 N–H and O–H groups in total. The number of alkyl halides is 3. The van der Waals surface area contributed by atoms with Gasteiger partial charge in [0.1, 0.15) is 0 Å². The SMILES string of the molecule is Cc1cc(NC(=O)[C@@H]2CCCN2)ccc1S(=O)(=O)Nc1cccc(C(F)(F)F)c1. The van der Waals surface area contributed by atoms with Crippen molar-refractivity contribution in [1.82, 2.24) is 5.32 Å². The fourth-order valence-electron chi connectivity index (χ4n) is 3.14. The molecule has 1 atom stereocenters. The van der Waals surface area contributed by atoms with Gasteiger partial charge in [-0.2, -0.15) is 13.2 Å². The molecule has 0 radical (unpaired) electrons. The number of aryl methyl sites for hydroxylation is 1. The van der Waals surface area contributed by atoms with Gasteiger partial charge in [0.2, 0.25) is 5.91 Å². The predicted molar refractivity (Wildman–Crippen MR) is 103 cm³/mol. The molecule has 0 saturated carbocycles. The molecule has 1 saturated heterocycles. The molecule has 1 aliphatic rings. The van der Waals surface area contributed by atoms with Crippen molar-refractivity contribution in [3.05, 3.63) is 53.6 Å². The van der Waals surface area contributed by atoms with E-state index in [1.165, 1.54) is 24.3 Å². The summed E-state index contributed by atoms with van der Waals surface area (Å²) >= 11 is 0. The van der Waals surface area contributed by atoms with E-state index in [9.17, 15) is 26.4 Å². The minimum absolute atomic E-state index is 0.0908. The molecule has 0 unspecified atom stereocenters. The van der Waals surface area contributed by atoms with E-state index in [2.05, 4.69) is 15.4 Å². The van der Waals surface area contributed by atoms with E-state index in [-0.39, 0.29) is 22.5 Å². The van der Waals surface area contributed by atoms with Gasteiger partial charge in [-0.05, 0) is 68.3 Å². The van der Waals surface area contributed by atoms with Crippen LogP contribution in [0.1, 0.15) is 24.0 Å². The molecule has 1 heterocycles. The van der Waals surface area contributed by atoms with Crippen molar-refractivity contribution in [3.8, 4) is 0 Å². The molecular weight excluding hydrogens is 407 g/mol. The summed E-state index contributed by atoms with van der Waals surface area (Å²) in [6, 6.07) is 7.95. The van der Waals surface area contributed by atoms with E-state index in [0.717, 1.165) is 37.6 Å². The van der Waals surface area contributed by atoms with E-state index in [1.54, 1.807) is 6.92 Å². The molecular formula is C19H20F3N3O3S. The van der Waals surface area contributed by atoms with Crippen LogP contribution in [0.3, 0.4) is 0 Å². The van der Waals surface area contributed by atoms with Crippen molar-refractivity contribution < 1.29 is 26.4 Å². The first-order valence-corrected chi connectivity index (χ1v) is 10.4. The largest absolute Gasteiger partial charge is 0.416 e. The molecule has 1 aliphatic heterocycles. The smallest absolute Gasteiger partial charge is 0.325 e. The van der Waals surface area contributed by atoms with Crippen LogP contribution in [-0.2, 0) is 21.0 Å². The van der Waals surface area contributed by atoms with Crippen molar-refractivity contribution in [3.63, 3.8) is 0 Å². The van der Waals surface area contributed by atoms with Crippen LogP contribution in [0.2, 0.25) is 0 Å². The lowest BCUT2D eigenvalue weighted by atomic mass is 10.2. The molecule has 10 heteroatoms. The molecule has 2 aromatic rings. The summed E-state index contributed by atoms with van der Waals surface area (Å²) in [4.78, 5) is 12.1. The summed E-state index contributed by atoms with van der Waals surface area (Å²) < 4.78 is 65.9. The van der Waals surface area contributed by atoms with Gasteiger partial charge in [0.15, 0.2) is 0 Å². The fourth-order valence-corrected chi connectivity index (χ4v) is 4.41. The zero-order valence-electron chi connectivity index (χ0n) is 15.5. The number of sulfonamides is 1. The standard InChI is InChI=1S/C19H20F3N3O3S/c1-12-10-14(24-18(26)16-6-3-9-23-16)7-8-17(12)29(27,28)25-15-5-2-4-13(11-15)19(20,21)22/h2,4-5,7-8,10-11,16,23,25H,3,6,9H2,1H3,(H,24,26)/t16-/m0/s1. The highest BCUT2D eigenvalue weighted by Gasteiger charge is 2.31. The Hall–Kier alpha value is -2.59. The Balaban J connectivity index is 1.78. The molecule has 0 aromatic heterocycles. The lowest BCUT2D eigenvalue weighted by Crippen LogP contribution is -2.35. The molecule has 2 aromatic carbocycles. The van der Waals surface area contributed by atoms with Crippen molar-refractivity contribution in [2.45, 2.75) is 36.9 Å². The Bertz CT molecular complexity index is 1020. The van der Waals surface area contributed by atoms with E-state index >= 15 is 0 Å². The van der Waals surface area contributed by atoms with Crippen LogP contribution in [-0.4, -0.2) is 26.9 Å². The number of hydrogen-bond acceptors (Lipinski definition) is 4. The fraction of sp³-hybridized carbons (Fsp3) is 0.316. The maximum Gasteiger partial charge on any atom is 0.416 e.